The largest absolute Gasteiger partial charge is 0.352 e. The van der Waals surface area contributed by atoms with E-state index in [0.29, 0.717) is 17.7 Å². The quantitative estimate of drug-likeness (QED) is 0.342. The van der Waals surface area contributed by atoms with Crippen LogP contribution >= 0.6 is 0 Å². The SMILES string of the molecule is CC[C@H](C)NC(=O)[C@@H](Cc1ccccc1)N(Cc1ccccc1F)C(=O)CN(c1ccc(C)cc1C)S(C)(=O)=O. The maximum Gasteiger partial charge on any atom is 0.244 e. The lowest BCUT2D eigenvalue weighted by Gasteiger charge is -2.34. The zero-order valence-corrected chi connectivity index (χ0v) is 24.5. The van der Waals surface area contributed by atoms with E-state index < -0.39 is 34.3 Å². The highest BCUT2D eigenvalue weighted by molar-refractivity contribution is 7.92. The predicted molar refractivity (Wildman–Crippen MR) is 157 cm³/mol. The van der Waals surface area contributed by atoms with Crippen molar-refractivity contribution < 1.29 is 22.4 Å². The molecule has 0 unspecified atom stereocenters. The first-order valence-electron chi connectivity index (χ1n) is 13.3. The summed E-state index contributed by atoms with van der Waals surface area (Å²) in [6.07, 6.45) is 1.89. The Bertz CT molecular complexity index is 1430. The van der Waals surface area contributed by atoms with Crippen LogP contribution in [0.15, 0.2) is 72.8 Å². The van der Waals surface area contributed by atoms with Gasteiger partial charge in [0.05, 0.1) is 11.9 Å². The molecule has 0 spiro atoms. The van der Waals surface area contributed by atoms with Crippen LogP contribution in [0.1, 0.15) is 42.5 Å². The summed E-state index contributed by atoms with van der Waals surface area (Å²) in [4.78, 5) is 29.0. The molecule has 0 aliphatic heterocycles. The summed E-state index contributed by atoms with van der Waals surface area (Å²) in [5.41, 5.74) is 3.05. The van der Waals surface area contributed by atoms with Gasteiger partial charge in [0, 0.05) is 24.6 Å². The van der Waals surface area contributed by atoms with Crippen molar-refractivity contribution in [3.05, 3.63) is 101 Å². The third-order valence-corrected chi connectivity index (χ3v) is 8.00. The maximum atomic E-state index is 14.8. The molecule has 0 saturated carbocycles. The number of anilines is 1. The first kappa shape index (κ1) is 30.8. The van der Waals surface area contributed by atoms with E-state index in [9.17, 15) is 22.4 Å². The van der Waals surface area contributed by atoms with Gasteiger partial charge >= 0.3 is 0 Å². The minimum atomic E-state index is -3.88. The number of nitrogens with one attached hydrogen (secondary N) is 1. The van der Waals surface area contributed by atoms with E-state index in [1.54, 1.807) is 37.3 Å². The predicted octanol–water partition coefficient (Wildman–Crippen LogP) is 4.76. The van der Waals surface area contributed by atoms with Crippen LogP contribution in [0.3, 0.4) is 0 Å². The second kappa shape index (κ2) is 13.6. The smallest absolute Gasteiger partial charge is 0.244 e. The Morgan fingerprint density at radius 2 is 1.62 bits per heavy atom. The first-order valence-corrected chi connectivity index (χ1v) is 15.2. The number of hydrogen-bond donors (Lipinski definition) is 1. The summed E-state index contributed by atoms with van der Waals surface area (Å²) in [5.74, 6) is -1.52. The molecule has 40 heavy (non-hydrogen) atoms. The average molecular weight is 568 g/mol. The van der Waals surface area contributed by atoms with Gasteiger partial charge in [-0.05, 0) is 50.5 Å². The molecule has 3 aromatic carbocycles. The van der Waals surface area contributed by atoms with Crippen LogP contribution in [-0.4, -0.2) is 50.0 Å². The number of amides is 2. The number of sulfonamides is 1. The van der Waals surface area contributed by atoms with Gasteiger partial charge in [-0.15, -0.1) is 0 Å². The van der Waals surface area contributed by atoms with Gasteiger partial charge < -0.3 is 10.2 Å². The van der Waals surface area contributed by atoms with E-state index in [-0.39, 0.29) is 30.5 Å². The van der Waals surface area contributed by atoms with Gasteiger partial charge in [0.25, 0.3) is 0 Å². The Hall–Kier alpha value is -3.72. The molecule has 0 aliphatic carbocycles. The molecule has 2 amide bonds. The second-order valence-electron chi connectivity index (χ2n) is 10.2. The third-order valence-electron chi connectivity index (χ3n) is 6.87. The highest BCUT2D eigenvalue weighted by Gasteiger charge is 2.34. The summed E-state index contributed by atoms with van der Waals surface area (Å²) in [6, 6.07) is 19.4. The first-order chi connectivity index (χ1) is 18.9. The van der Waals surface area contributed by atoms with Crippen molar-refractivity contribution >= 4 is 27.5 Å². The Kier molecular flexibility index (Phi) is 10.5. The van der Waals surface area contributed by atoms with E-state index in [4.69, 9.17) is 0 Å². The van der Waals surface area contributed by atoms with Crippen molar-refractivity contribution in [2.24, 2.45) is 0 Å². The van der Waals surface area contributed by atoms with Crippen molar-refractivity contribution in [2.45, 2.75) is 59.2 Å². The molecule has 0 bridgehead atoms. The Labute approximate surface area is 237 Å². The summed E-state index contributed by atoms with van der Waals surface area (Å²) in [6.45, 7) is 6.73. The lowest BCUT2D eigenvalue weighted by Crippen LogP contribution is -2.54. The van der Waals surface area contributed by atoms with Crippen molar-refractivity contribution in [3.8, 4) is 0 Å². The van der Waals surface area contributed by atoms with E-state index in [1.165, 1.54) is 11.0 Å². The van der Waals surface area contributed by atoms with Crippen LogP contribution in [0.25, 0.3) is 0 Å². The molecule has 2 atom stereocenters. The molecule has 0 fully saturated rings. The van der Waals surface area contributed by atoms with Gasteiger partial charge in [-0.25, -0.2) is 12.8 Å². The van der Waals surface area contributed by atoms with Gasteiger partial charge in [0.2, 0.25) is 21.8 Å². The van der Waals surface area contributed by atoms with E-state index in [1.807, 2.05) is 57.2 Å². The van der Waals surface area contributed by atoms with Crippen molar-refractivity contribution in [1.82, 2.24) is 10.2 Å². The number of aryl methyl sites for hydroxylation is 2. The number of rotatable bonds is 12. The topological polar surface area (TPSA) is 86.8 Å². The van der Waals surface area contributed by atoms with E-state index in [2.05, 4.69) is 5.32 Å². The average Bonchev–Trinajstić information content (AvgIpc) is 2.90. The number of benzene rings is 3. The van der Waals surface area contributed by atoms with E-state index in [0.717, 1.165) is 21.7 Å². The van der Waals surface area contributed by atoms with Crippen molar-refractivity contribution in [2.75, 3.05) is 17.1 Å². The molecule has 9 heteroatoms. The van der Waals surface area contributed by atoms with Crippen molar-refractivity contribution in [3.63, 3.8) is 0 Å². The molecular weight excluding hydrogens is 529 g/mol. The lowest BCUT2D eigenvalue weighted by atomic mass is 10.0. The molecule has 0 saturated heterocycles. The van der Waals surface area contributed by atoms with Crippen LogP contribution in [-0.2, 0) is 32.6 Å². The highest BCUT2D eigenvalue weighted by atomic mass is 32.2. The van der Waals surface area contributed by atoms with Crippen LogP contribution < -0.4 is 9.62 Å². The minimum Gasteiger partial charge on any atom is -0.352 e. The lowest BCUT2D eigenvalue weighted by molar-refractivity contribution is -0.140. The molecule has 0 radical (unpaired) electrons. The number of carbonyl (C=O) groups is 2. The Morgan fingerprint density at radius 1 is 0.975 bits per heavy atom. The standard InChI is InChI=1S/C31H38FN3O4S/c1-6-24(4)33-31(37)29(19-25-12-8-7-9-13-25)34(20-26-14-10-11-15-27(26)32)30(36)21-35(40(5,38)39)28-17-16-22(2)18-23(28)3/h7-18,24,29H,6,19-21H2,1-5H3,(H,33,37)/t24-,29+/m0/s1. The molecule has 1 N–H and O–H groups in total. The second-order valence-corrected chi connectivity index (χ2v) is 12.1. The zero-order chi connectivity index (χ0) is 29.4. The fourth-order valence-electron chi connectivity index (χ4n) is 4.49. The fraction of sp³-hybridized carbons (Fsp3) is 0.355. The van der Waals surface area contributed by atoms with Crippen molar-refractivity contribution in [1.29, 1.82) is 0 Å². The molecule has 0 aliphatic rings. The van der Waals surface area contributed by atoms with E-state index >= 15 is 0 Å². The molecule has 3 rings (SSSR count). The van der Waals surface area contributed by atoms with Gasteiger partial charge in [0.15, 0.2) is 0 Å². The van der Waals surface area contributed by atoms with Crippen LogP contribution in [0.4, 0.5) is 10.1 Å². The highest BCUT2D eigenvalue weighted by Crippen LogP contribution is 2.25. The monoisotopic (exact) mass is 567 g/mol. The van der Waals surface area contributed by atoms with Crippen LogP contribution in [0.5, 0.6) is 0 Å². The minimum absolute atomic E-state index is 0.154. The summed E-state index contributed by atoms with van der Waals surface area (Å²) >= 11 is 0. The number of hydrogen-bond acceptors (Lipinski definition) is 4. The fourth-order valence-corrected chi connectivity index (χ4v) is 5.39. The molecule has 214 valence electrons. The molecule has 7 nitrogen and oxygen atoms in total. The summed E-state index contributed by atoms with van der Waals surface area (Å²) in [5, 5.41) is 2.96. The Morgan fingerprint density at radius 3 is 2.23 bits per heavy atom. The summed E-state index contributed by atoms with van der Waals surface area (Å²) < 4.78 is 41.7. The van der Waals surface area contributed by atoms with Gasteiger partial charge in [0.1, 0.15) is 18.4 Å². The van der Waals surface area contributed by atoms with Gasteiger partial charge in [-0.2, -0.15) is 0 Å². The van der Waals surface area contributed by atoms with Gasteiger partial charge in [-0.3, -0.25) is 13.9 Å². The number of nitrogens with zero attached hydrogens (tertiary/aromatic N) is 2. The Balaban J connectivity index is 2.09. The zero-order valence-electron chi connectivity index (χ0n) is 23.7. The molecule has 0 heterocycles. The van der Waals surface area contributed by atoms with Crippen LogP contribution in [0.2, 0.25) is 0 Å². The van der Waals surface area contributed by atoms with Crippen LogP contribution in [0, 0.1) is 19.7 Å². The number of carbonyl (C=O) groups excluding carboxylic acids is 2. The molecule has 0 aromatic heterocycles. The number of halogens is 1. The maximum absolute atomic E-state index is 14.8. The summed E-state index contributed by atoms with van der Waals surface area (Å²) in [7, 11) is -3.88. The van der Waals surface area contributed by atoms with Gasteiger partial charge in [-0.1, -0.05) is 73.2 Å². The third kappa shape index (κ3) is 8.14. The molecule has 3 aromatic rings. The molecular formula is C31H38FN3O4S. The normalized spacial score (nSPS) is 12.8.